The number of nitrogens with zero attached hydrogens (tertiary/aromatic N) is 1. The van der Waals surface area contributed by atoms with Gasteiger partial charge in [0.15, 0.2) is 0 Å². The highest BCUT2D eigenvalue weighted by Crippen LogP contribution is 2.05. The van der Waals surface area contributed by atoms with Gasteiger partial charge in [0.1, 0.15) is 5.84 Å². The summed E-state index contributed by atoms with van der Waals surface area (Å²) in [6.45, 7) is 1.61. The Morgan fingerprint density at radius 1 is 1.33 bits per heavy atom. The molecule has 0 aliphatic carbocycles. The lowest BCUT2D eigenvalue weighted by Crippen LogP contribution is -2.49. The third kappa shape index (κ3) is 2.15. The molecule has 1 heterocycles. The zero-order chi connectivity index (χ0) is 10.7. The molecule has 1 aromatic rings. The monoisotopic (exact) mass is 203 g/mol. The summed E-state index contributed by atoms with van der Waals surface area (Å²) < 4.78 is 0. The number of amides is 1. The van der Waals surface area contributed by atoms with Gasteiger partial charge < -0.3 is 10.2 Å². The molecule has 1 aromatic carbocycles. The molecule has 78 valence electrons. The van der Waals surface area contributed by atoms with Gasteiger partial charge in [0, 0.05) is 18.7 Å². The van der Waals surface area contributed by atoms with E-state index in [1.807, 2.05) is 30.3 Å². The maximum absolute atomic E-state index is 11.2. The van der Waals surface area contributed by atoms with Crippen molar-refractivity contribution < 1.29 is 4.79 Å². The summed E-state index contributed by atoms with van der Waals surface area (Å²) in [5.74, 6) is 0.410. The highest BCUT2D eigenvalue weighted by Gasteiger charge is 2.18. The van der Waals surface area contributed by atoms with Crippen molar-refractivity contribution >= 4 is 11.7 Å². The molecule has 4 heteroatoms. The van der Waals surface area contributed by atoms with Crippen LogP contribution in [0.4, 0.5) is 0 Å². The number of carbonyl (C=O) groups is 1. The summed E-state index contributed by atoms with van der Waals surface area (Å²) in [6.07, 6.45) is 0. The molecule has 0 bridgehead atoms. The number of hydrogen-bond acceptors (Lipinski definition) is 2. The first kappa shape index (κ1) is 9.71. The van der Waals surface area contributed by atoms with E-state index >= 15 is 0 Å². The van der Waals surface area contributed by atoms with E-state index in [4.69, 9.17) is 5.41 Å². The predicted octanol–water partition coefficient (Wildman–Crippen LogP) is 0.444. The van der Waals surface area contributed by atoms with Crippen LogP contribution in [0.3, 0.4) is 0 Å². The lowest BCUT2D eigenvalue weighted by molar-refractivity contribution is -0.122. The second-order valence-corrected chi connectivity index (χ2v) is 3.49. The van der Waals surface area contributed by atoms with E-state index in [2.05, 4.69) is 5.32 Å². The Bertz CT molecular complexity index is 375. The molecular weight excluding hydrogens is 190 g/mol. The van der Waals surface area contributed by atoms with Crippen LogP contribution in [0.25, 0.3) is 0 Å². The SMILES string of the molecule is N=C(c1ccccc1)N1CCNC(=O)C1. The minimum absolute atomic E-state index is 0.0121. The molecule has 0 atom stereocenters. The third-order valence-corrected chi connectivity index (χ3v) is 2.40. The molecule has 1 aliphatic rings. The molecule has 0 aromatic heterocycles. The standard InChI is InChI=1S/C11H13N3O/c12-11(9-4-2-1-3-5-9)14-7-6-13-10(15)8-14/h1-5,12H,6-8H2,(H,13,15). The molecule has 1 aliphatic heterocycles. The number of rotatable bonds is 1. The normalized spacial score (nSPS) is 16.0. The lowest BCUT2D eigenvalue weighted by Gasteiger charge is -2.28. The van der Waals surface area contributed by atoms with E-state index < -0.39 is 0 Å². The van der Waals surface area contributed by atoms with Crippen LogP contribution < -0.4 is 5.32 Å². The Kier molecular flexibility index (Phi) is 2.67. The van der Waals surface area contributed by atoms with E-state index in [1.54, 1.807) is 4.90 Å². The molecule has 1 fully saturated rings. The molecule has 2 N–H and O–H groups in total. The first-order chi connectivity index (χ1) is 7.27. The van der Waals surface area contributed by atoms with Crippen LogP contribution in [0.5, 0.6) is 0 Å². The summed E-state index contributed by atoms with van der Waals surface area (Å²) >= 11 is 0. The average molecular weight is 203 g/mol. The Hall–Kier alpha value is -1.84. The van der Waals surface area contributed by atoms with Gasteiger partial charge in [-0.3, -0.25) is 10.2 Å². The molecule has 0 radical (unpaired) electrons. The van der Waals surface area contributed by atoms with E-state index in [-0.39, 0.29) is 12.5 Å². The Balaban J connectivity index is 2.11. The number of nitrogens with one attached hydrogen (secondary N) is 2. The summed E-state index contributed by atoms with van der Waals surface area (Å²) in [6, 6.07) is 9.48. The maximum atomic E-state index is 11.2. The largest absolute Gasteiger partial charge is 0.353 e. The summed E-state index contributed by atoms with van der Waals surface area (Å²) in [4.78, 5) is 12.9. The molecule has 0 unspecified atom stereocenters. The van der Waals surface area contributed by atoms with Crippen LogP contribution >= 0.6 is 0 Å². The van der Waals surface area contributed by atoms with E-state index in [9.17, 15) is 4.79 Å². The summed E-state index contributed by atoms with van der Waals surface area (Å²) in [5, 5.41) is 10.7. The van der Waals surface area contributed by atoms with Crippen molar-refractivity contribution in [3.8, 4) is 0 Å². The van der Waals surface area contributed by atoms with Crippen molar-refractivity contribution in [2.24, 2.45) is 0 Å². The van der Waals surface area contributed by atoms with Gasteiger partial charge in [-0.25, -0.2) is 0 Å². The van der Waals surface area contributed by atoms with Crippen LogP contribution in [0.15, 0.2) is 30.3 Å². The smallest absolute Gasteiger partial charge is 0.239 e. The van der Waals surface area contributed by atoms with Crippen molar-refractivity contribution in [3.05, 3.63) is 35.9 Å². The molecule has 1 amide bonds. The molecule has 0 saturated carbocycles. The molecule has 4 nitrogen and oxygen atoms in total. The van der Waals surface area contributed by atoms with Crippen molar-refractivity contribution in [1.29, 1.82) is 5.41 Å². The summed E-state index contributed by atoms with van der Waals surface area (Å²) in [7, 11) is 0. The Morgan fingerprint density at radius 3 is 2.73 bits per heavy atom. The zero-order valence-electron chi connectivity index (χ0n) is 8.36. The van der Waals surface area contributed by atoms with Crippen LogP contribution in [0.1, 0.15) is 5.56 Å². The van der Waals surface area contributed by atoms with E-state index in [1.165, 1.54) is 0 Å². The number of carbonyl (C=O) groups excluding carboxylic acids is 1. The van der Waals surface area contributed by atoms with Crippen molar-refractivity contribution in [3.63, 3.8) is 0 Å². The maximum Gasteiger partial charge on any atom is 0.239 e. The third-order valence-electron chi connectivity index (χ3n) is 2.40. The van der Waals surface area contributed by atoms with Crippen LogP contribution in [0, 0.1) is 5.41 Å². The van der Waals surface area contributed by atoms with Gasteiger partial charge in [-0.05, 0) is 0 Å². The molecular formula is C11H13N3O. The van der Waals surface area contributed by atoms with E-state index in [0.29, 0.717) is 18.9 Å². The second kappa shape index (κ2) is 4.13. The predicted molar refractivity (Wildman–Crippen MR) is 57.9 cm³/mol. The van der Waals surface area contributed by atoms with Gasteiger partial charge in [-0.1, -0.05) is 30.3 Å². The minimum Gasteiger partial charge on any atom is -0.353 e. The minimum atomic E-state index is -0.0121. The number of benzene rings is 1. The Morgan fingerprint density at radius 2 is 2.07 bits per heavy atom. The van der Waals surface area contributed by atoms with Crippen LogP contribution in [0.2, 0.25) is 0 Å². The first-order valence-corrected chi connectivity index (χ1v) is 4.93. The van der Waals surface area contributed by atoms with Crippen molar-refractivity contribution in [2.45, 2.75) is 0 Å². The van der Waals surface area contributed by atoms with Crippen LogP contribution in [-0.4, -0.2) is 36.3 Å². The van der Waals surface area contributed by atoms with Crippen molar-refractivity contribution in [2.75, 3.05) is 19.6 Å². The average Bonchev–Trinajstić information content (AvgIpc) is 2.29. The Labute approximate surface area is 88.4 Å². The fourth-order valence-electron chi connectivity index (χ4n) is 1.61. The topological polar surface area (TPSA) is 56.2 Å². The van der Waals surface area contributed by atoms with Crippen LogP contribution in [-0.2, 0) is 4.79 Å². The van der Waals surface area contributed by atoms with E-state index in [0.717, 1.165) is 5.56 Å². The van der Waals surface area contributed by atoms with Gasteiger partial charge >= 0.3 is 0 Å². The molecule has 2 rings (SSSR count). The zero-order valence-corrected chi connectivity index (χ0v) is 8.36. The number of amidine groups is 1. The fourth-order valence-corrected chi connectivity index (χ4v) is 1.61. The van der Waals surface area contributed by atoms with Gasteiger partial charge in [-0.2, -0.15) is 0 Å². The van der Waals surface area contributed by atoms with Gasteiger partial charge in [0.05, 0.1) is 6.54 Å². The first-order valence-electron chi connectivity index (χ1n) is 4.93. The molecule has 15 heavy (non-hydrogen) atoms. The highest BCUT2D eigenvalue weighted by molar-refractivity contribution is 5.98. The van der Waals surface area contributed by atoms with Gasteiger partial charge in [0.2, 0.25) is 5.91 Å². The lowest BCUT2D eigenvalue weighted by atomic mass is 10.2. The van der Waals surface area contributed by atoms with Gasteiger partial charge in [0.25, 0.3) is 0 Å². The fraction of sp³-hybridized carbons (Fsp3) is 0.273. The molecule has 0 spiro atoms. The summed E-state index contributed by atoms with van der Waals surface area (Å²) in [5.41, 5.74) is 0.854. The second-order valence-electron chi connectivity index (χ2n) is 3.49. The van der Waals surface area contributed by atoms with Gasteiger partial charge in [-0.15, -0.1) is 0 Å². The number of piperazine rings is 1. The molecule has 1 saturated heterocycles. The highest BCUT2D eigenvalue weighted by atomic mass is 16.2. The van der Waals surface area contributed by atoms with Crippen molar-refractivity contribution in [1.82, 2.24) is 10.2 Å². The quantitative estimate of drug-likeness (QED) is 0.514. The number of hydrogen-bond donors (Lipinski definition) is 2.